The Morgan fingerprint density at radius 1 is 1.56 bits per heavy atom. The van der Waals surface area contributed by atoms with Crippen molar-refractivity contribution in [1.29, 1.82) is 0 Å². The van der Waals surface area contributed by atoms with Gasteiger partial charge in [0, 0.05) is 18.3 Å². The van der Waals surface area contributed by atoms with Gasteiger partial charge >= 0.3 is 5.97 Å². The van der Waals surface area contributed by atoms with Crippen LogP contribution in [0.3, 0.4) is 0 Å². The van der Waals surface area contributed by atoms with Crippen LogP contribution in [0.25, 0.3) is 0 Å². The predicted octanol–water partition coefficient (Wildman–Crippen LogP) is 1.89. The number of carboxylic acid groups (broad SMARTS) is 1. The van der Waals surface area contributed by atoms with E-state index in [1.807, 2.05) is 12.1 Å². The molecule has 2 N–H and O–H groups in total. The van der Waals surface area contributed by atoms with Gasteiger partial charge in [0.2, 0.25) is 5.91 Å². The molecule has 0 radical (unpaired) electrons. The lowest BCUT2D eigenvalue weighted by Gasteiger charge is -2.21. The third-order valence-corrected chi connectivity index (χ3v) is 3.98. The first-order valence-electron chi connectivity index (χ1n) is 4.60. The van der Waals surface area contributed by atoms with Crippen LogP contribution in [0, 0.1) is 5.41 Å². The van der Waals surface area contributed by atoms with Crippen molar-refractivity contribution in [2.24, 2.45) is 5.41 Å². The number of carboxylic acids is 1. The Kier molecular flexibility index (Phi) is 4.09. The smallest absolute Gasteiger partial charge is 0.319 e. The molecule has 0 aliphatic heterocycles. The fourth-order valence-electron chi connectivity index (χ4n) is 1.32. The summed E-state index contributed by atoms with van der Waals surface area (Å²) in [6.07, 6.45) is 0.193. The van der Waals surface area contributed by atoms with Crippen LogP contribution in [-0.4, -0.2) is 24.0 Å². The van der Waals surface area contributed by atoms with Crippen molar-refractivity contribution in [3.63, 3.8) is 0 Å². The zero-order chi connectivity index (χ0) is 12.3. The van der Waals surface area contributed by atoms with Crippen LogP contribution in [0.1, 0.15) is 11.8 Å². The molecule has 1 heterocycles. The summed E-state index contributed by atoms with van der Waals surface area (Å²) >= 11 is 4.73. The molecule has 6 heteroatoms. The number of halogens is 1. The maximum Gasteiger partial charge on any atom is 0.319 e. The summed E-state index contributed by atoms with van der Waals surface area (Å²) in [5.41, 5.74) is -1.42. The molecule has 0 aliphatic carbocycles. The molecule has 0 spiro atoms. The van der Waals surface area contributed by atoms with Crippen molar-refractivity contribution < 1.29 is 14.7 Å². The van der Waals surface area contributed by atoms with Gasteiger partial charge in [-0.15, -0.1) is 11.3 Å². The highest BCUT2D eigenvalue weighted by Gasteiger charge is 2.41. The quantitative estimate of drug-likeness (QED) is 0.835. The molecule has 1 amide bonds. The molecule has 0 saturated carbocycles. The lowest BCUT2D eigenvalue weighted by atomic mass is 9.85. The lowest BCUT2D eigenvalue weighted by molar-refractivity contribution is -0.154. The number of nitrogens with one attached hydrogen (secondary N) is 1. The van der Waals surface area contributed by atoms with Crippen molar-refractivity contribution in [3.05, 3.63) is 20.8 Å². The van der Waals surface area contributed by atoms with E-state index in [2.05, 4.69) is 21.2 Å². The van der Waals surface area contributed by atoms with E-state index in [0.29, 0.717) is 0 Å². The normalized spacial score (nSPS) is 14.2. The summed E-state index contributed by atoms with van der Waals surface area (Å²) in [6, 6.07) is 3.66. The van der Waals surface area contributed by atoms with Crippen LogP contribution in [-0.2, 0) is 16.0 Å². The van der Waals surface area contributed by atoms with Gasteiger partial charge in [-0.1, -0.05) is 0 Å². The van der Waals surface area contributed by atoms with Gasteiger partial charge in [0.1, 0.15) is 5.41 Å². The van der Waals surface area contributed by atoms with E-state index in [-0.39, 0.29) is 6.42 Å². The summed E-state index contributed by atoms with van der Waals surface area (Å²) in [4.78, 5) is 23.6. The Bertz CT molecular complexity index is 418. The van der Waals surface area contributed by atoms with Crippen molar-refractivity contribution >= 4 is 39.1 Å². The molecule has 0 saturated heterocycles. The summed E-state index contributed by atoms with van der Waals surface area (Å²) in [6.45, 7) is 1.43. The van der Waals surface area contributed by atoms with Crippen molar-refractivity contribution in [2.45, 2.75) is 13.3 Å². The molecule has 4 nitrogen and oxygen atoms in total. The average Bonchev–Trinajstić information content (AvgIpc) is 2.62. The average molecular weight is 306 g/mol. The van der Waals surface area contributed by atoms with Crippen LogP contribution in [0.4, 0.5) is 0 Å². The Morgan fingerprint density at radius 3 is 2.56 bits per heavy atom. The highest BCUT2D eigenvalue weighted by molar-refractivity contribution is 9.11. The van der Waals surface area contributed by atoms with E-state index in [9.17, 15) is 9.59 Å². The number of rotatable bonds is 4. The summed E-state index contributed by atoms with van der Waals surface area (Å²) < 4.78 is 0.923. The molecule has 1 aromatic heterocycles. The number of thiophene rings is 1. The van der Waals surface area contributed by atoms with Crippen molar-refractivity contribution in [2.75, 3.05) is 7.05 Å². The SMILES string of the molecule is CNC(=O)C(C)(Cc1ccc(Br)s1)C(=O)O. The first-order valence-corrected chi connectivity index (χ1v) is 6.21. The molecular formula is C10H12BrNO3S. The van der Waals surface area contributed by atoms with Gasteiger partial charge in [-0.2, -0.15) is 0 Å². The number of amides is 1. The molecule has 1 atom stereocenters. The molecule has 0 aliphatic rings. The monoisotopic (exact) mass is 305 g/mol. The van der Waals surface area contributed by atoms with Crippen LogP contribution in [0.2, 0.25) is 0 Å². The topological polar surface area (TPSA) is 66.4 Å². The number of hydrogen-bond acceptors (Lipinski definition) is 3. The second-order valence-corrected chi connectivity index (χ2v) is 6.15. The van der Waals surface area contributed by atoms with Gasteiger partial charge in [-0.25, -0.2) is 0 Å². The zero-order valence-corrected chi connectivity index (χ0v) is 11.3. The van der Waals surface area contributed by atoms with Gasteiger partial charge in [0.25, 0.3) is 0 Å². The Hall–Kier alpha value is -0.880. The highest BCUT2D eigenvalue weighted by Crippen LogP contribution is 2.30. The molecule has 1 rings (SSSR count). The second kappa shape index (κ2) is 4.97. The summed E-state index contributed by atoms with van der Waals surface area (Å²) in [5, 5.41) is 11.5. The molecule has 0 aromatic carbocycles. The molecule has 88 valence electrons. The predicted molar refractivity (Wildman–Crippen MR) is 65.5 cm³/mol. The molecule has 0 bridgehead atoms. The van der Waals surface area contributed by atoms with Crippen LogP contribution in [0.5, 0.6) is 0 Å². The van der Waals surface area contributed by atoms with Crippen molar-refractivity contribution in [3.8, 4) is 0 Å². The fraction of sp³-hybridized carbons (Fsp3) is 0.400. The highest BCUT2D eigenvalue weighted by atomic mass is 79.9. The van der Waals surface area contributed by atoms with E-state index < -0.39 is 17.3 Å². The largest absolute Gasteiger partial charge is 0.480 e. The first-order chi connectivity index (χ1) is 7.40. The fourth-order valence-corrected chi connectivity index (χ4v) is 2.96. The Balaban J connectivity index is 2.96. The van der Waals surface area contributed by atoms with Gasteiger partial charge in [0.15, 0.2) is 0 Å². The number of carbonyl (C=O) groups is 2. The molecule has 16 heavy (non-hydrogen) atoms. The Labute approximate surface area is 106 Å². The number of aliphatic carboxylic acids is 1. The molecular weight excluding hydrogens is 294 g/mol. The van der Waals surface area contributed by atoms with Crippen LogP contribution >= 0.6 is 27.3 Å². The van der Waals surface area contributed by atoms with E-state index in [1.54, 1.807) is 0 Å². The van der Waals surface area contributed by atoms with E-state index in [4.69, 9.17) is 5.11 Å². The first kappa shape index (κ1) is 13.2. The van der Waals surface area contributed by atoms with Gasteiger partial charge < -0.3 is 10.4 Å². The zero-order valence-electron chi connectivity index (χ0n) is 8.91. The van der Waals surface area contributed by atoms with E-state index >= 15 is 0 Å². The molecule has 1 aromatic rings. The van der Waals surface area contributed by atoms with Gasteiger partial charge in [-0.05, 0) is 35.0 Å². The molecule has 1 unspecified atom stereocenters. The van der Waals surface area contributed by atoms with Gasteiger partial charge in [-0.3, -0.25) is 9.59 Å². The van der Waals surface area contributed by atoms with Crippen LogP contribution in [0.15, 0.2) is 15.9 Å². The summed E-state index contributed by atoms with van der Waals surface area (Å²) in [5.74, 6) is -1.60. The third-order valence-electron chi connectivity index (χ3n) is 2.36. The molecule has 0 fully saturated rings. The minimum absolute atomic E-state index is 0.193. The standard InChI is InChI=1S/C10H12BrNO3S/c1-10(9(14)15,8(13)12-2)5-6-3-4-7(11)16-6/h3-4H,5H2,1-2H3,(H,12,13)(H,14,15). The maximum atomic E-state index is 11.6. The van der Waals surface area contributed by atoms with Crippen molar-refractivity contribution in [1.82, 2.24) is 5.32 Å². The minimum Gasteiger partial charge on any atom is -0.480 e. The van der Waals surface area contributed by atoms with Crippen LogP contribution < -0.4 is 5.32 Å². The third kappa shape index (κ3) is 2.62. The second-order valence-electron chi connectivity index (χ2n) is 3.60. The number of hydrogen-bond donors (Lipinski definition) is 2. The lowest BCUT2D eigenvalue weighted by Crippen LogP contribution is -2.44. The van der Waals surface area contributed by atoms with E-state index in [0.717, 1.165) is 8.66 Å². The summed E-state index contributed by atoms with van der Waals surface area (Å²) in [7, 11) is 1.44. The number of carbonyl (C=O) groups excluding carboxylic acids is 1. The Morgan fingerprint density at radius 2 is 2.19 bits per heavy atom. The van der Waals surface area contributed by atoms with Gasteiger partial charge in [0.05, 0.1) is 3.79 Å². The maximum absolute atomic E-state index is 11.6. The minimum atomic E-state index is -1.42. The van der Waals surface area contributed by atoms with E-state index in [1.165, 1.54) is 25.3 Å².